The Labute approximate surface area is 91.9 Å². The fourth-order valence-corrected chi connectivity index (χ4v) is 1.84. The zero-order valence-corrected chi connectivity index (χ0v) is 10.0. The highest BCUT2D eigenvalue weighted by atomic mass is 16.1. The van der Waals surface area contributed by atoms with E-state index in [9.17, 15) is 4.79 Å². The van der Waals surface area contributed by atoms with Crippen LogP contribution in [0.4, 0.5) is 5.69 Å². The molecule has 15 heavy (non-hydrogen) atoms. The van der Waals surface area contributed by atoms with Crippen LogP contribution < -0.4 is 4.90 Å². The van der Waals surface area contributed by atoms with Crippen LogP contribution in [-0.2, 0) is 4.79 Å². The number of carbonyl (C=O) groups is 1. The monoisotopic (exact) mass is 205 g/mol. The highest BCUT2D eigenvalue weighted by molar-refractivity contribution is 5.76. The van der Waals surface area contributed by atoms with Gasteiger partial charge >= 0.3 is 0 Å². The Morgan fingerprint density at radius 2 is 1.80 bits per heavy atom. The quantitative estimate of drug-likeness (QED) is 0.753. The number of anilines is 1. The fourth-order valence-electron chi connectivity index (χ4n) is 1.84. The molecule has 0 bridgehead atoms. The summed E-state index contributed by atoms with van der Waals surface area (Å²) in [6, 6.07) is 6.27. The first-order chi connectivity index (χ1) is 7.02. The summed E-state index contributed by atoms with van der Waals surface area (Å²) in [4.78, 5) is 13.1. The van der Waals surface area contributed by atoms with Crippen molar-refractivity contribution in [2.75, 3.05) is 18.5 Å². The molecule has 1 aromatic carbocycles. The molecule has 2 heteroatoms. The van der Waals surface area contributed by atoms with E-state index in [1.165, 1.54) is 16.8 Å². The van der Waals surface area contributed by atoms with Gasteiger partial charge in [-0.05, 0) is 31.9 Å². The summed E-state index contributed by atoms with van der Waals surface area (Å²) in [6.07, 6.45) is 0.615. The lowest BCUT2D eigenvalue weighted by atomic mass is 10.1. The number of Topliss-reactive ketones (excluding diaryl/α,β-unsaturated/α-hetero) is 1. The van der Waals surface area contributed by atoms with E-state index in [1.807, 2.05) is 7.05 Å². The van der Waals surface area contributed by atoms with Gasteiger partial charge < -0.3 is 4.90 Å². The molecular weight excluding hydrogens is 186 g/mol. The van der Waals surface area contributed by atoms with Crippen molar-refractivity contribution in [3.05, 3.63) is 29.3 Å². The lowest BCUT2D eigenvalue weighted by Gasteiger charge is -2.23. The highest BCUT2D eigenvalue weighted by Gasteiger charge is 2.07. The predicted molar refractivity (Wildman–Crippen MR) is 64.5 cm³/mol. The molecule has 0 saturated carbocycles. The van der Waals surface area contributed by atoms with E-state index >= 15 is 0 Å². The molecular formula is C13H19NO. The van der Waals surface area contributed by atoms with Crippen molar-refractivity contribution in [3.63, 3.8) is 0 Å². The third-order valence-electron chi connectivity index (χ3n) is 2.62. The van der Waals surface area contributed by atoms with Crippen LogP contribution in [-0.4, -0.2) is 19.4 Å². The molecule has 0 unspecified atom stereocenters. The van der Waals surface area contributed by atoms with E-state index in [2.05, 4.69) is 36.9 Å². The summed E-state index contributed by atoms with van der Waals surface area (Å²) in [5.74, 6) is 0.244. The molecule has 0 amide bonds. The smallest absolute Gasteiger partial charge is 0.131 e. The molecule has 0 aliphatic heterocycles. The maximum Gasteiger partial charge on any atom is 0.131 e. The van der Waals surface area contributed by atoms with E-state index in [0.717, 1.165) is 6.54 Å². The van der Waals surface area contributed by atoms with Gasteiger partial charge in [0.15, 0.2) is 0 Å². The largest absolute Gasteiger partial charge is 0.374 e. The van der Waals surface area contributed by atoms with Crippen LogP contribution in [0, 0.1) is 13.8 Å². The SMILES string of the molecule is CC(=O)CCN(C)c1c(C)cccc1C. The minimum absolute atomic E-state index is 0.244. The lowest BCUT2D eigenvalue weighted by Crippen LogP contribution is -2.22. The Balaban J connectivity index is 2.81. The van der Waals surface area contributed by atoms with Gasteiger partial charge in [0, 0.05) is 25.7 Å². The molecule has 82 valence electrons. The summed E-state index contributed by atoms with van der Waals surface area (Å²) in [7, 11) is 2.04. The summed E-state index contributed by atoms with van der Waals surface area (Å²) >= 11 is 0. The molecule has 0 aliphatic carbocycles. The number of nitrogens with zero attached hydrogens (tertiary/aromatic N) is 1. The molecule has 0 saturated heterocycles. The number of hydrogen-bond acceptors (Lipinski definition) is 2. The van der Waals surface area contributed by atoms with Crippen LogP contribution in [0.25, 0.3) is 0 Å². The first-order valence-electron chi connectivity index (χ1n) is 5.29. The van der Waals surface area contributed by atoms with Crippen LogP contribution in [0.1, 0.15) is 24.5 Å². The zero-order valence-electron chi connectivity index (χ0n) is 10.0. The maximum atomic E-state index is 10.9. The number of aryl methyl sites for hydroxylation is 2. The number of ketones is 1. The zero-order chi connectivity index (χ0) is 11.4. The molecule has 0 radical (unpaired) electrons. The number of benzene rings is 1. The summed E-state index contributed by atoms with van der Waals surface area (Å²) in [5.41, 5.74) is 3.78. The van der Waals surface area contributed by atoms with Crippen LogP contribution in [0.2, 0.25) is 0 Å². The van der Waals surface area contributed by atoms with E-state index in [1.54, 1.807) is 6.92 Å². The van der Waals surface area contributed by atoms with Gasteiger partial charge in [-0.15, -0.1) is 0 Å². The van der Waals surface area contributed by atoms with Crippen molar-refractivity contribution >= 4 is 11.5 Å². The molecule has 0 atom stereocenters. The average molecular weight is 205 g/mol. The van der Waals surface area contributed by atoms with Crippen LogP contribution >= 0.6 is 0 Å². The minimum Gasteiger partial charge on any atom is -0.374 e. The second-order valence-electron chi connectivity index (χ2n) is 4.11. The van der Waals surface area contributed by atoms with E-state index in [0.29, 0.717) is 6.42 Å². The number of carbonyl (C=O) groups excluding carboxylic acids is 1. The normalized spacial score (nSPS) is 10.1. The Morgan fingerprint density at radius 1 is 1.27 bits per heavy atom. The van der Waals surface area contributed by atoms with Crippen LogP contribution in [0.3, 0.4) is 0 Å². The molecule has 0 N–H and O–H groups in total. The van der Waals surface area contributed by atoms with Gasteiger partial charge in [0.1, 0.15) is 5.78 Å². The van der Waals surface area contributed by atoms with Crippen molar-refractivity contribution in [2.24, 2.45) is 0 Å². The molecule has 0 aliphatic rings. The average Bonchev–Trinajstić information content (AvgIpc) is 2.14. The van der Waals surface area contributed by atoms with Gasteiger partial charge in [-0.1, -0.05) is 18.2 Å². The van der Waals surface area contributed by atoms with E-state index in [-0.39, 0.29) is 5.78 Å². The minimum atomic E-state index is 0.244. The highest BCUT2D eigenvalue weighted by Crippen LogP contribution is 2.23. The van der Waals surface area contributed by atoms with Crippen LogP contribution in [0.5, 0.6) is 0 Å². The van der Waals surface area contributed by atoms with Crippen molar-refractivity contribution in [2.45, 2.75) is 27.2 Å². The number of hydrogen-bond donors (Lipinski definition) is 0. The Morgan fingerprint density at radius 3 is 2.27 bits per heavy atom. The Hall–Kier alpha value is -1.31. The summed E-state index contributed by atoms with van der Waals surface area (Å²) in [6.45, 7) is 6.64. The Bertz CT molecular complexity index is 337. The standard InChI is InChI=1S/C13H19NO/c1-10-6-5-7-11(2)13(10)14(4)9-8-12(3)15/h5-7H,8-9H2,1-4H3. The topological polar surface area (TPSA) is 20.3 Å². The van der Waals surface area contributed by atoms with Crippen molar-refractivity contribution in [1.82, 2.24) is 0 Å². The van der Waals surface area contributed by atoms with Gasteiger partial charge in [0.2, 0.25) is 0 Å². The third kappa shape index (κ3) is 3.08. The maximum absolute atomic E-state index is 10.9. The van der Waals surface area contributed by atoms with Gasteiger partial charge in [-0.3, -0.25) is 4.79 Å². The number of para-hydroxylation sites is 1. The molecule has 1 aromatic rings. The lowest BCUT2D eigenvalue weighted by molar-refractivity contribution is -0.116. The summed E-state index contributed by atoms with van der Waals surface area (Å²) in [5, 5.41) is 0. The van der Waals surface area contributed by atoms with Gasteiger partial charge in [-0.25, -0.2) is 0 Å². The Kier molecular flexibility index (Phi) is 3.89. The fraction of sp³-hybridized carbons (Fsp3) is 0.462. The predicted octanol–water partition coefficient (Wildman–Crippen LogP) is 2.72. The second-order valence-corrected chi connectivity index (χ2v) is 4.11. The molecule has 0 aromatic heterocycles. The van der Waals surface area contributed by atoms with Crippen molar-refractivity contribution in [1.29, 1.82) is 0 Å². The van der Waals surface area contributed by atoms with Gasteiger partial charge in [0.25, 0.3) is 0 Å². The summed E-state index contributed by atoms with van der Waals surface area (Å²) < 4.78 is 0. The molecule has 1 rings (SSSR count). The van der Waals surface area contributed by atoms with Gasteiger partial charge in [-0.2, -0.15) is 0 Å². The first-order valence-corrected chi connectivity index (χ1v) is 5.29. The molecule has 0 fully saturated rings. The van der Waals surface area contributed by atoms with Crippen molar-refractivity contribution < 1.29 is 4.79 Å². The third-order valence-corrected chi connectivity index (χ3v) is 2.62. The number of rotatable bonds is 4. The van der Waals surface area contributed by atoms with E-state index in [4.69, 9.17) is 0 Å². The van der Waals surface area contributed by atoms with Crippen molar-refractivity contribution in [3.8, 4) is 0 Å². The second kappa shape index (κ2) is 4.96. The molecule has 2 nitrogen and oxygen atoms in total. The molecule has 0 spiro atoms. The molecule has 0 heterocycles. The first kappa shape index (κ1) is 11.8. The van der Waals surface area contributed by atoms with Gasteiger partial charge in [0.05, 0.1) is 0 Å². The van der Waals surface area contributed by atoms with Crippen LogP contribution in [0.15, 0.2) is 18.2 Å². The van der Waals surface area contributed by atoms with E-state index < -0.39 is 0 Å².